The van der Waals surface area contributed by atoms with Crippen LogP contribution in [0.2, 0.25) is 0 Å². The third kappa shape index (κ3) is 5.19. The largest absolute Gasteiger partial charge is 0.405 e. The normalized spacial score (nSPS) is 12.9. The van der Waals surface area contributed by atoms with E-state index in [4.69, 9.17) is 0 Å². The lowest BCUT2D eigenvalue weighted by Crippen LogP contribution is -2.42. The van der Waals surface area contributed by atoms with Crippen LogP contribution in [-0.2, 0) is 11.2 Å². The van der Waals surface area contributed by atoms with Crippen LogP contribution in [0.25, 0.3) is 0 Å². The van der Waals surface area contributed by atoms with E-state index in [-0.39, 0.29) is 0 Å². The number of alkyl halides is 3. The molecule has 1 aromatic rings. The first-order chi connectivity index (χ1) is 8.83. The summed E-state index contributed by atoms with van der Waals surface area (Å²) in [4.78, 5) is 11.5. The minimum absolute atomic E-state index is 0.678. The molecule has 0 saturated heterocycles. The fourth-order valence-corrected chi connectivity index (χ4v) is 1.61. The van der Waals surface area contributed by atoms with Gasteiger partial charge in [0.15, 0.2) is 0 Å². The second-order valence-electron chi connectivity index (χ2n) is 4.21. The average Bonchev–Trinajstić information content (AvgIpc) is 2.35. The summed E-state index contributed by atoms with van der Waals surface area (Å²) in [5.41, 5.74) is 1.78. The molecule has 0 spiro atoms. The summed E-state index contributed by atoms with van der Waals surface area (Å²) in [6.07, 6.45) is -3.61. The SMILES string of the molecule is CCc1ccccc1NC(C)C(=O)NCC(F)(F)F. The van der Waals surface area contributed by atoms with Crippen LogP contribution < -0.4 is 10.6 Å². The van der Waals surface area contributed by atoms with Crippen molar-refractivity contribution in [3.05, 3.63) is 29.8 Å². The number of para-hydroxylation sites is 1. The van der Waals surface area contributed by atoms with Crippen LogP contribution in [0.1, 0.15) is 19.4 Å². The minimum atomic E-state index is -4.39. The van der Waals surface area contributed by atoms with E-state index in [0.717, 1.165) is 17.7 Å². The molecule has 106 valence electrons. The highest BCUT2D eigenvalue weighted by atomic mass is 19.4. The van der Waals surface area contributed by atoms with Crippen LogP contribution in [0.3, 0.4) is 0 Å². The number of hydrogen-bond donors (Lipinski definition) is 2. The fraction of sp³-hybridized carbons (Fsp3) is 0.462. The molecule has 2 N–H and O–H groups in total. The van der Waals surface area contributed by atoms with Gasteiger partial charge in [0.05, 0.1) is 0 Å². The predicted octanol–water partition coefficient (Wildman–Crippen LogP) is 2.73. The molecule has 1 unspecified atom stereocenters. The van der Waals surface area contributed by atoms with E-state index < -0.39 is 24.7 Å². The van der Waals surface area contributed by atoms with Crippen molar-refractivity contribution >= 4 is 11.6 Å². The molecule has 0 aliphatic carbocycles. The topological polar surface area (TPSA) is 41.1 Å². The van der Waals surface area contributed by atoms with Gasteiger partial charge in [0.2, 0.25) is 5.91 Å². The highest BCUT2D eigenvalue weighted by Crippen LogP contribution is 2.17. The lowest BCUT2D eigenvalue weighted by molar-refractivity contribution is -0.138. The highest BCUT2D eigenvalue weighted by molar-refractivity contribution is 5.84. The van der Waals surface area contributed by atoms with Crippen molar-refractivity contribution in [2.24, 2.45) is 0 Å². The Kier molecular flexibility index (Phi) is 5.20. The van der Waals surface area contributed by atoms with Crippen LogP contribution in [-0.4, -0.2) is 24.7 Å². The van der Waals surface area contributed by atoms with Crippen molar-refractivity contribution in [2.45, 2.75) is 32.5 Å². The molecule has 1 atom stereocenters. The van der Waals surface area contributed by atoms with Crippen molar-refractivity contribution < 1.29 is 18.0 Å². The zero-order chi connectivity index (χ0) is 14.5. The molecule has 0 bridgehead atoms. The Morgan fingerprint density at radius 3 is 2.53 bits per heavy atom. The van der Waals surface area contributed by atoms with Gasteiger partial charge in [-0.25, -0.2) is 0 Å². The number of amides is 1. The van der Waals surface area contributed by atoms with Gasteiger partial charge in [-0.1, -0.05) is 25.1 Å². The summed E-state index contributed by atoms with van der Waals surface area (Å²) in [5, 5.41) is 4.77. The quantitative estimate of drug-likeness (QED) is 0.866. The molecule has 0 aliphatic heterocycles. The number of rotatable bonds is 5. The predicted molar refractivity (Wildman–Crippen MR) is 68.0 cm³/mol. The van der Waals surface area contributed by atoms with Gasteiger partial charge in [-0.05, 0) is 25.0 Å². The van der Waals surface area contributed by atoms with Gasteiger partial charge in [0.25, 0.3) is 0 Å². The Morgan fingerprint density at radius 2 is 1.95 bits per heavy atom. The molecule has 1 amide bonds. The molecule has 3 nitrogen and oxygen atoms in total. The first-order valence-electron chi connectivity index (χ1n) is 6.02. The summed E-state index contributed by atoms with van der Waals surface area (Å²) >= 11 is 0. The molecule has 1 aromatic carbocycles. The second-order valence-corrected chi connectivity index (χ2v) is 4.21. The minimum Gasteiger partial charge on any atom is -0.374 e. The van der Waals surface area contributed by atoms with Gasteiger partial charge < -0.3 is 10.6 Å². The molecule has 0 saturated carbocycles. The smallest absolute Gasteiger partial charge is 0.374 e. The Bertz CT molecular complexity index is 432. The molecule has 6 heteroatoms. The number of aryl methyl sites for hydroxylation is 1. The van der Waals surface area contributed by atoms with Gasteiger partial charge in [0.1, 0.15) is 12.6 Å². The lowest BCUT2D eigenvalue weighted by atomic mass is 10.1. The van der Waals surface area contributed by atoms with E-state index in [2.05, 4.69) is 5.32 Å². The Hall–Kier alpha value is -1.72. The maximum Gasteiger partial charge on any atom is 0.405 e. The number of hydrogen-bond acceptors (Lipinski definition) is 2. The van der Waals surface area contributed by atoms with Crippen LogP contribution in [0.4, 0.5) is 18.9 Å². The number of carbonyl (C=O) groups is 1. The standard InChI is InChI=1S/C13H17F3N2O/c1-3-10-6-4-5-7-11(10)18-9(2)12(19)17-8-13(14,15)16/h4-7,9,18H,3,8H2,1-2H3,(H,17,19). The van der Waals surface area contributed by atoms with Crippen molar-refractivity contribution in [1.29, 1.82) is 0 Å². The molecular formula is C13H17F3N2O. The lowest BCUT2D eigenvalue weighted by Gasteiger charge is -2.18. The van der Waals surface area contributed by atoms with E-state index in [1.165, 1.54) is 6.92 Å². The van der Waals surface area contributed by atoms with Crippen LogP contribution in [0, 0.1) is 0 Å². The van der Waals surface area contributed by atoms with Gasteiger partial charge in [0, 0.05) is 5.69 Å². The Balaban J connectivity index is 2.59. The fourth-order valence-electron chi connectivity index (χ4n) is 1.61. The molecule has 0 radical (unpaired) electrons. The number of nitrogens with one attached hydrogen (secondary N) is 2. The van der Waals surface area contributed by atoms with Gasteiger partial charge in [-0.3, -0.25) is 4.79 Å². The third-order valence-corrected chi connectivity index (χ3v) is 2.63. The summed E-state index contributed by atoms with van der Waals surface area (Å²) in [6.45, 7) is 2.18. The molecular weight excluding hydrogens is 257 g/mol. The van der Waals surface area contributed by atoms with E-state index in [1.807, 2.05) is 30.4 Å². The summed E-state index contributed by atoms with van der Waals surface area (Å²) in [7, 11) is 0. The molecule has 19 heavy (non-hydrogen) atoms. The first-order valence-corrected chi connectivity index (χ1v) is 6.02. The maximum atomic E-state index is 12.0. The Morgan fingerprint density at radius 1 is 1.32 bits per heavy atom. The number of carbonyl (C=O) groups excluding carboxylic acids is 1. The van der Waals surface area contributed by atoms with Crippen molar-refractivity contribution in [2.75, 3.05) is 11.9 Å². The van der Waals surface area contributed by atoms with Crippen LogP contribution in [0.5, 0.6) is 0 Å². The summed E-state index contributed by atoms with van der Waals surface area (Å²) in [6, 6.07) is 6.66. The molecule has 1 rings (SSSR count). The maximum absolute atomic E-state index is 12.0. The number of halogens is 3. The monoisotopic (exact) mass is 274 g/mol. The number of benzene rings is 1. The van der Waals surface area contributed by atoms with Crippen LogP contribution >= 0.6 is 0 Å². The van der Waals surface area contributed by atoms with E-state index in [1.54, 1.807) is 6.07 Å². The molecule has 0 fully saturated rings. The van der Waals surface area contributed by atoms with Gasteiger partial charge in [-0.15, -0.1) is 0 Å². The van der Waals surface area contributed by atoms with Gasteiger partial charge in [-0.2, -0.15) is 13.2 Å². The highest BCUT2D eigenvalue weighted by Gasteiger charge is 2.28. The second kappa shape index (κ2) is 6.45. The van der Waals surface area contributed by atoms with E-state index in [9.17, 15) is 18.0 Å². The zero-order valence-electron chi connectivity index (χ0n) is 10.8. The first kappa shape index (κ1) is 15.3. The zero-order valence-corrected chi connectivity index (χ0v) is 10.8. The molecule has 0 heterocycles. The third-order valence-electron chi connectivity index (χ3n) is 2.63. The van der Waals surface area contributed by atoms with Gasteiger partial charge >= 0.3 is 6.18 Å². The number of anilines is 1. The van der Waals surface area contributed by atoms with E-state index in [0.29, 0.717) is 0 Å². The Labute approximate surface area is 110 Å². The van der Waals surface area contributed by atoms with E-state index >= 15 is 0 Å². The van der Waals surface area contributed by atoms with Crippen LogP contribution in [0.15, 0.2) is 24.3 Å². The average molecular weight is 274 g/mol. The van der Waals surface area contributed by atoms with Crippen molar-refractivity contribution in [3.8, 4) is 0 Å². The molecule has 0 aromatic heterocycles. The molecule has 0 aliphatic rings. The summed E-state index contributed by atoms with van der Waals surface area (Å²) in [5.74, 6) is -0.678. The van der Waals surface area contributed by atoms with Crippen molar-refractivity contribution in [3.63, 3.8) is 0 Å². The summed E-state index contributed by atoms with van der Waals surface area (Å²) < 4.78 is 36.0. The van der Waals surface area contributed by atoms with Crippen molar-refractivity contribution in [1.82, 2.24) is 5.32 Å².